The van der Waals surface area contributed by atoms with Gasteiger partial charge in [-0.25, -0.2) is 8.42 Å². The number of hydrogen-bond acceptors (Lipinski definition) is 6. The molecule has 0 saturated carbocycles. The molecule has 2 atom stereocenters. The normalized spacial score (nSPS) is 18.1. The summed E-state index contributed by atoms with van der Waals surface area (Å²) in [6.07, 6.45) is 0.464. The molecule has 0 aliphatic carbocycles. The SMILES string of the molecule is NC(=O)C1(C(CCN(CCO)Cc2ccccc2)c2ccccc2)SCCN1S(=O)(=O)c1ccc(-c2ccccc2)cc1. The molecule has 4 aromatic rings. The quantitative estimate of drug-likeness (QED) is 0.221. The predicted octanol–water partition coefficient (Wildman–Crippen LogP) is 4.94. The van der Waals surface area contributed by atoms with E-state index in [1.54, 1.807) is 24.3 Å². The lowest BCUT2D eigenvalue weighted by Gasteiger charge is -2.41. The van der Waals surface area contributed by atoms with Crippen LogP contribution < -0.4 is 5.73 Å². The van der Waals surface area contributed by atoms with Crippen LogP contribution in [0.2, 0.25) is 0 Å². The highest BCUT2D eigenvalue weighted by Gasteiger charge is 2.57. The van der Waals surface area contributed by atoms with Crippen LogP contribution >= 0.6 is 11.8 Å². The minimum Gasteiger partial charge on any atom is -0.395 e. The van der Waals surface area contributed by atoms with E-state index in [0.29, 0.717) is 31.8 Å². The Labute approximate surface area is 258 Å². The second-order valence-electron chi connectivity index (χ2n) is 10.6. The van der Waals surface area contributed by atoms with Crippen LogP contribution in [-0.2, 0) is 21.4 Å². The molecule has 43 heavy (non-hydrogen) atoms. The minimum atomic E-state index is -4.08. The summed E-state index contributed by atoms with van der Waals surface area (Å²) in [4.78, 5) is 14.3. The second kappa shape index (κ2) is 13.9. The van der Waals surface area contributed by atoms with Gasteiger partial charge in [0.1, 0.15) is 0 Å². The lowest BCUT2D eigenvalue weighted by molar-refractivity contribution is -0.123. The first kappa shape index (κ1) is 31.0. The zero-order valence-corrected chi connectivity index (χ0v) is 25.6. The number of carbonyl (C=O) groups is 1. The Kier molecular flexibility index (Phi) is 10.00. The summed E-state index contributed by atoms with van der Waals surface area (Å²) in [5, 5.41) is 9.81. The highest BCUT2D eigenvalue weighted by atomic mass is 32.2. The van der Waals surface area contributed by atoms with Crippen molar-refractivity contribution >= 4 is 27.7 Å². The molecule has 4 aromatic carbocycles. The molecule has 0 aromatic heterocycles. The van der Waals surface area contributed by atoms with Crippen molar-refractivity contribution in [1.82, 2.24) is 9.21 Å². The van der Waals surface area contributed by atoms with Gasteiger partial charge in [-0.15, -0.1) is 11.8 Å². The van der Waals surface area contributed by atoms with E-state index < -0.39 is 26.7 Å². The van der Waals surface area contributed by atoms with E-state index >= 15 is 0 Å². The van der Waals surface area contributed by atoms with E-state index in [1.165, 1.54) is 16.1 Å². The number of rotatable bonds is 13. The van der Waals surface area contributed by atoms with Gasteiger partial charge in [-0.05, 0) is 47.4 Å². The van der Waals surface area contributed by atoms with Crippen LogP contribution in [0.4, 0.5) is 0 Å². The average molecular weight is 616 g/mol. The van der Waals surface area contributed by atoms with Gasteiger partial charge in [0.15, 0.2) is 4.87 Å². The predicted molar refractivity (Wildman–Crippen MR) is 173 cm³/mol. The van der Waals surface area contributed by atoms with Gasteiger partial charge in [0.2, 0.25) is 15.9 Å². The van der Waals surface area contributed by atoms with Crippen molar-refractivity contribution in [1.29, 1.82) is 0 Å². The molecule has 1 fully saturated rings. The first-order chi connectivity index (χ1) is 20.9. The van der Waals surface area contributed by atoms with Crippen molar-refractivity contribution in [3.05, 3.63) is 126 Å². The molecule has 1 heterocycles. The standard InChI is InChI=1S/C34H37N3O4S2/c35-33(39)34(32(30-14-8-3-9-15-30)20-21-36(22-24-38)26-27-10-4-1-5-11-27)37(23-25-42-34)43(40,41)31-18-16-29(17-19-31)28-12-6-2-7-13-28/h1-19,32,38H,20-26H2,(H2,35,39). The highest BCUT2D eigenvalue weighted by Crippen LogP contribution is 2.50. The largest absolute Gasteiger partial charge is 0.395 e. The van der Waals surface area contributed by atoms with Crippen molar-refractivity contribution in [2.45, 2.75) is 28.6 Å². The molecule has 0 spiro atoms. The molecule has 2 unspecified atom stereocenters. The molecule has 224 valence electrons. The fourth-order valence-corrected chi connectivity index (χ4v) is 9.50. The maximum atomic E-state index is 14.3. The van der Waals surface area contributed by atoms with Gasteiger partial charge in [-0.3, -0.25) is 9.69 Å². The number of hydrogen-bond donors (Lipinski definition) is 2. The fraction of sp³-hybridized carbons (Fsp3) is 0.265. The van der Waals surface area contributed by atoms with Crippen molar-refractivity contribution in [3.63, 3.8) is 0 Å². The Hall–Kier alpha value is -3.47. The Morgan fingerprint density at radius 3 is 2.05 bits per heavy atom. The van der Waals surface area contributed by atoms with Gasteiger partial charge < -0.3 is 10.8 Å². The van der Waals surface area contributed by atoms with Crippen LogP contribution in [0.25, 0.3) is 11.1 Å². The van der Waals surface area contributed by atoms with E-state index in [-0.39, 0.29) is 18.0 Å². The summed E-state index contributed by atoms with van der Waals surface area (Å²) in [5.74, 6) is -0.753. The molecule has 1 saturated heterocycles. The number of aliphatic hydroxyl groups excluding tert-OH is 1. The Bertz CT molecular complexity index is 1590. The number of sulfonamides is 1. The Morgan fingerprint density at radius 1 is 0.860 bits per heavy atom. The molecule has 0 radical (unpaired) electrons. The molecule has 3 N–H and O–H groups in total. The molecular formula is C34H37N3O4S2. The number of amides is 1. The van der Waals surface area contributed by atoms with Gasteiger partial charge in [0.25, 0.3) is 0 Å². The molecular weight excluding hydrogens is 579 g/mol. The number of carbonyl (C=O) groups excluding carboxylic acids is 1. The summed E-state index contributed by atoms with van der Waals surface area (Å²) in [5.41, 5.74) is 10.0. The number of nitrogens with two attached hydrogens (primary N) is 1. The third kappa shape index (κ3) is 6.71. The first-order valence-corrected chi connectivity index (χ1v) is 16.8. The van der Waals surface area contributed by atoms with Gasteiger partial charge >= 0.3 is 0 Å². The number of benzene rings is 4. The topological polar surface area (TPSA) is 104 Å². The van der Waals surface area contributed by atoms with Gasteiger partial charge in [0, 0.05) is 31.3 Å². The molecule has 1 aliphatic rings. The molecule has 9 heteroatoms. The Morgan fingerprint density at radius 2 is 1.44 bits per heavy atom. The molecule has 5 rings (SSSR count). The van der Waals surface area contributed by atoms with E-state index in [0.717, 1.165) is 22.3 Å². The van der Waals surface area contributed by atoms with E-state index in [1.807, 2.05) is 91.0 Å². The number of thioether (sulfide) groups is 1. The van der Waals surface area contributed by atoms with Crippen LogP contribution in [-0.4, -0.2) is 65.5 Å². The lowest BCUT2D eigenvalue weighted by atomic mass is 9.87. The summed E-state index contributed by atoms with van der Waals surface area (Å²) in [6.45, 7) is 1.75. The zero-order chi connectivity index (χ0) is 30.3. The fourth-order valence-electron chi connectivity index (χ4n) is 5.88. The third-order valence-corrected chi connectivity index (χ3v) is 11.5. The van der Waals surface area contributed by atoms with Crippen molar-refractivity contribution in [2.75, 3.05) is 32.0 Å². The number of primary amides is 1. The summed E-state index contributed by atoms with van der Waals surface area (Å²) in [6, 6.07) is 36.1. The van der Waals surface area contributed by atoms with Crippen molar-refractivity contribution in [3.8, 4) is 11.1 Å². The monoisotopic (exact) mass is 615 g/mol. The minimum absolute atomic E-state index is 0.0158. The van der Waals surface area contributed by atoms with E-state index in [4.69, 9.17) is 5.73 Å². The van der Waals surface area contributed by atoms with Gasteiger partial charge in [-0.1, -0.05) is 103 Å². The summed E-state index contributed by atoms with van der Waals surface area (Å²) < 4.78 is 29.9. The maximum absolute atomic E-state index is 14.3. The average Bonchev–Trinajstić information content (AvgIpc) is 3.50. The van der Waals surface area contributed by atoms with Crippen LogP contribution in [0.15, 0.2) is 120 Å². The first-order valence-electron chi connectivity index (χ1n) is 14.4. The van der Waals surface area contributed by atoms with E-state index in [2.05, 4.69) is 4.90 Å². The smallest absolute Gasteiger partial charge is 0.250 e. The molecule has 7 nitrogen and oxygen atoms in total. The number of aliphatic hydroxyl groups is 1. The second-order valence-corrected chi connectivity index (χ2v) is 13.8. The third-order valence-electron chi connectivity index (χ3n) is 7.96. The van der Waals surface area contributed by atoms with Crippen LogP contribution in [0, 0.1) is 0 Å². The zero-order valence-electron chi connectivity index (χ0n) is 24.0. The molecule has 1 aliphatic heterocycles. The van der Waals surface area contributed by atoms with Crippen LogP contribution in [0.5, 0.6) is 0 Å². The summed E-state index contributed by atoms with van der Waals surface area (Å²) in [7, 11) is -4.08. The van der Waals surface area contributed by atoms with Crippen molar-refractivity contribution in [2.24, 2.45) is 5.73 Å². The molecule has 1 amide bonds. The van der Waals surface area contributed by atoms with Crippen LogP contribution in [0.3, 0.4) is 0 Å². The van der Waals surface area contributed by atoms with Gasteiger partial charge in [-0.2, -0.15) is 4.31 Å². The van der Waals surface area contributed by atoms with E-state index in [9.17, 15) is 18.3 Å². The van der Waals surface area contributed by atoms with Crippen LogP contribution in [0.1, 0.15) is 23.5 Å². The lowest BCUT2D eigenvalue weighted by Crippen LogP contribution is -2.58. The van der Waals surface area contributed by atoms with Gasteiger partial charge in [0.05, 0.1) is 11.5 Å². The highest BCUT2D eigenvalue weighted by molar-refractivity contribution is 8.02. The summed E-state index contributed by atoms with van der Waals surface area (Å²) >= 11 is 1.30. The number of nitrogens with zero attached hydrogens (tertiary/aromatic N) is 2. The Balaban J connectivity index is 1.49. The maximum Gasteiger partial charge on any atom is 0.250 e. The molecule has 0 bridgehead atoms. The van der Waals surface area contributed by atoms with Crippen molar-refractivity contribution < 1.29 is 18.3 Å².